The Morgan fingerprint density at radius 2 is 2.18 bits per heavy atom. The van der Waals surface area contributed by atoms with Gasteiger partial charge in [-0.1, -0.05) is 6.92 Å². The summed E-state index contributed by atoms with van der Waals surface area (Å²) in [5.74, 6) is -2.33. The number of carbonyl (C=O) groups is 1. The SMILES string of the molecule is CCC(O)(OC(C)=O)C(C)O. The Labute approximate surface area is 65.8 Å². The summed E-state index contributed by atoms with van der Waals surface area (Å²) in [4.78, 5) is 10.4. The molecule has 0 aromatic carbocycles. The molecule has 0 saturated carbocycles. The van der Waals surface area contributed by atoms with Gasteiger partial charge < -0.3 is 14.9 Å². The number of aliphatic hydroxyl groups is 2. The summed E-state index contributed by atoms with van der Waals surface area (Å²) in [7, 11) is 0. The van der Waals surface area contributed by atoms with E-state index in [0.717, 1.165) is 0 Å². The molecular formula is C7H14O4. The van der Waals surface area contributed by atoms with Crippen LogP contribution in [0.4, 0.5) is 0 Å². The topological polar surface area (TPSA) is 66.8 Å². The number of carbonyl (C=O) groups excluding carboxylic acids is 1. The van der Waals surface area contributed by atoms with E-state index in [1.54, 1.807) is 6.92 Å². The van der Waals surface area contributed by atoms with Crippen LogP contribution >= 0.6 is 0 Å². The first-order valence-corrected chi connectivity index (χ1v) is 3.52. The van der Waals surface area contributed by atoms with Crippen LogP contribution in [-0.2, 0) is 9.53 Å². The maximum absolute atomic E-state index is 10.4. The lowest BCUT2D eigenvalue weighted by Gasteiger charge is -2.28. The first-order valence-electron chi connectivity index (χ1n) is 3.52. The molecule has 0 bridgehead atoms. The Hall–Kier alpha value is -0.610. The van der Waals surface area contributed by atoms with E-state index >= 15 is 0 Å². The summed E-state index contributed by atoms with van der Waals surface area (Å²) < 4.78 is 4.52. The quantitative estimate of drug-likeness (QED) is 0.454. The van der Waals surface area contributed by atoms with Gasteiger partial charge in [0.15, 0.2) is 0 Å². The van der Waals surface area contributed by atoms with Crippen LogP contribution in [0.1, 0.15) is 27.2 Å². The average molecular weight is 162 g/mol. The zero-order valence-electron chi connectivity index (χ0n) is 7.00. The van der Waals surface area contributed by atoms with Crippen molar-refractivity contribution in [2.24, 2.45) is 0 Å². The van der Waals surface area contributed by atoms with E-state index in [0.29, 0.717) is 0 Å². The van der Waals surface area contributed by atoms with Gasteiger partial charge in [0.05, 0.1) is 0 Å². The highest BCUT2D eigenvalue weighted by atomic mass is 16.7. The maximum atomic E-state index is 10.4. The minimum absolute atomic E-state index is 0.171. The fraction of sp³-hybridized carbons (Fsp3) is 0.857. The predicted octanol–water partition coefficient (Wildman–Crippen LogP) is 0.0289. The third-order valence-electron chi connectivity index (χ3n) is 1.48. The second-order valence-corrected chi connectivity index (χ2v) is 2.47. The van der Waals surface area contributed by atoms with Crippen molar-refractivity contribution < 1.29 is 19.7 Å². The van der Waals surface area contributed by atoms with Gasteiger partial charge in [-0.05, 0) is 6.92 Å². The third-order valence-corrected chi connectivity index (χ3v) is 1.48. The molecule has 0 aromatic rings. The van der Waals surface area contributed by atoms with Gasteiger partial charge in [-0.25, -0.2) is 0 Å². The third kappa shape index (κ3) is 2.86. The van der Waals surface area contributed by atoms with Gasteiger partial charge in [0.1, 0.15) is 6.10 Å². The average Bonchev–Trinajstić information content (AvgIpc) is 1.86. The van der Waals surface area contributed by atoms with Crippen LogP contribution in [0.2, 0.25) is 0 Å². The van der Waals surface area contributed by atoms with Crippen LogP contribution in [0, 0.1) is 0 Å². The maximum Gasteiger partial charge on any atom is 0.305 e. The molecule has 0 radical (unpaired) electrons. The molecule has 0 aliphatic carbocycles. The van der Waals surface area contributed by atoms with E-state index in [1.165, 1.54) is 13.8 Å². The lowest BCUT2D eigenvalue weighted by Crippen LogP contribution is -2.43. The molecule has 0 heterocycles. The normalized spacial score (nSPS) is 18.6. The van der Waals surface area contributed by atoms with Gasteiger partial charge in [0.2, 0.25) is 5.79 Å². The van der Waals surface area contributed by atoms with Gasteiger partial charge in [0.25, 0.3) is 0 Å². The smallest absolute Gasteiger partial charge is 0.305 e. The first-order chi connectivity index (χ1) is 4.92. The molecular weight excluding hydrogens is 148 g/mol. The molecule has 11 heavy (non-hydrogen) atoms. The Kier molecular flexibility index (Phi) is 3.48. The van der Waals surface area contributed by atoms with Gasteiger partial charge in [-0.15, -0.1) is 0 Å². The monoisotopic (exact) mass is 162 g/mol. The van der Waals surface area contributed by atoms with Crippen LogP contribution in [0.15, 0.2) is 0 Å². The molecule has 2 unspecified atom stereocenters. The van der Waals surface area contributed by atoms with Crippen LogP contribution in [0.5, 0.6) is 0 Å². The van der Waals surface area contributed by atoms with E-state index in [4.69, 9.17) is 5.11 Å². The number of aliphatic hydroxyl groups excluding tert-OH is 1. The molecule has 2 atom stereocenters. The molecule has 0 fully saturated rings. The summed E-state index contributed by atoms with van der Waals surface area (Å²) in [6.45, 7) is 4.17. The van der Waals surface area contributed by atoms with E-state index in [2.05, 4.69) is 4.74 Å². The molecule has 0 rings (SSSR count). The van der Waals surface area contributed by atoms with E-state index < -0.39 is 17.9 Å². The zero-order valence-corrected chi connectivity index (χ0v) is 7.00. The second kappa shape index (κ2) is 3.69. The van der Waals surface area contributed by atoms with Crippen molar-refractivity contribution in [2.75, 3.05) is 0 Å². The fourth-order valence-corrected chi connectivity index (χ4v) is 0.702. The van der Waals surface area contributed by atoms with E-state index in [-0.39, 0.29) is 6.42 Å². The number of hydrogen-bond donors (Lipinski definition) is 2. The van der Waals surface area contributed by atoms with Gasteiger partial charge >= 0.3 is 5.97 Å². The number of rotatable bonds is 3. The minimum atomic E-state index is -1.73. The summed E-state index contributed by atoms with van der Waals surface area (Å²) in [5, 5.41) is 18.4. The minimum Gasteiger partial charge on any atom is -0.431 e. The summed E-state index contributed by atoms with van der Waals surface area (Å²) >= 11 is 0. The summed E-state index contributed by atoms with van der Waals surface area (Å²) in [6, 6.07) is 0. The highest BCUT2D eigenvalue weighted by Gasteiger charge is 2.33. The predicted molar refractivity (Wildman–Crippen MR) is 38.7 cm³/mol. The molecule has 4 nitrogen and oxygen atoms in total. The Bertz CT molecular complexity index is 143. The van der Waals surface area contributed by atoms with Crippen molar-refractivity contribution in [3.63, 3.8) is 0 Å². The largest absolute Gasteiger partial charge is 0.431 e. The van der Waals surface area contributed by atoms with Crippen LogP contribution in [0.3, 0.4) is 0 Å². The standard InChI is InChI=1S/C7H14O4/c1-4-7(10,5(2)8)11-6(3)9/h5,8,10H,4H2,1-3H3. The van der Waals surface area contributed by atoms with E-state index in [9.17, 15) is 9.90 Å². The van der Waals surface area contributed by atoms with Gasteiger partial charge in [-0.3, -0.25) is 4.79 Å². The lowest BCUT2D eigenvalue weighted by molar-refractivity contribution is -0.243. The fourth-order valence-electron chi connectivity index (χ4n) is 0.702. The Morgan fingerprint density at radius 3 is 2.27 bits per heavy atom. The van der Waals surface area contributed by atoms with Crippen molar-refractivity contribution in [3.05, 3.63) is 0 Å². The number of hydrogen-bond acceptors (Lipinski definition) is 4. The highest BCUT2D eigenvalue weighted by molar-refractivity contribution is 5.66. The summed E-state index contributed by atoms with van der Waals surface area (Å²) in [5.41, 5.74) is 0. The van der Waals surface area contributed by atoms with Crippen LogP contribution in [0.25, 0.3) is 0 Å². The van der Waals surface area contributed by atoms with Crippen LogP contribution < -0.4 is 0 Å². The first kappa shape index (κ1) is 10.4. The molecule has 0 aliphatic rings. The molecule has 0 saturated heterocycles. The molecule has 0 aliphatic heterocycles. The number of esters is 1. The van der Waals surface area contributed by atoms with Crippen molar-refractivity contribution in [3.8, 4) is 0 Å². The number of ether oxygens (including phenoxy) is 1. The highest BCUT2D eigenvalue weighted by Crippen LogP contribution is 2.16. The molecule has 66 valence electrons. The van der Waals surface area contributed by atoms with Gasteiger partial charge in [0, 0.05) is 13.3 Å². The zero-order chi connectivity index (χ0) is 9.07. The van der Waals surface area contributed by atoms with E-state index in [1.807, 2.05) is 0 Å². The lowest BCUT2D eigenvalue weighted by atomic mass is 10.1. The second-order valence-electron chi connectivity index (χ2n) is 2.47. The summed E-state index contributed by atoms with van der Waals surface area (Å²) in [6.07, 6.45) is -0.902. The van der Waals surface area contributed by atoms with Crippen molar-refractivity contribution in [2.45, 2.75) is 39.1 Å². The van der Waals surface area contributed by atoms with Crippen molar-refractivity contribution in [1.82, 2.24) is 0 Å². The van der Waals surface area contributed by atoms with Crippen molar-refractivity contribution in [1.29, 1.82) is 0 Å². The molecule has 0 spiro atoms. The Balaban J connectivity index is 4.22. The Morgan fingerprint density at radius 1 is 1.73 bits per heavy atom. The van der Waals surface area contributed by atoms with Gasteiger partial charge in [-0.2, -0.15) is 0 Å². The molecule has 4 heteroatoms. The molecule has 2 N–H and O–H groups in total. The van der Waals surface area contributed by atoms with Crippen molar-refractivity contribution >= 4 is 5.97 Å². The van der Waals surface area contributed by atoms with Crippen LogP contribution in [-0.4, -0.2) is 28.1 Å². The molecule has 0 aromatic heterocycles. The molecule has 0 amide bonds.